The van der Waals surface area contributed by atoms with Crippen LogP contribution in [0.4, 0.5) is 21.0 Å². The van der Waals surface area contributed by atoms with Gasteiger partial charge >= 0.3 is 12.2 Å². The molecule has 10 heteroatoms. The number of anilines is 2. The van der Waals surface area contributed by atoms with Crippen LogP contribution in [-0.4, -0.2) is 56.3 Å². The third-order valence-electron chi connectivity index (χ3n) is 6.44. The molecule has 0 fully saturated rings. The third-order valence-corrected chi connectivity index (χ3v) is 6.87. The molecule has 3 amide bonds. The highest BCUT2D eigenvalue weighted by atomic mass is 79.9. The zero-order valence-corrected chi connectivity index (χ0v) is 25.2. The number of nitrogens with one attached hydrogen (secondary N) is 1. The molecule has 0 radical (unpaired) electrons. The number of carbonyl (C=O) groups excluding carboxylic acids is 3. The summed E-state index contributed by atoms with van der Waals surface area (Å²) in [7, 11) is 1.56. The van der Waals surface area contributed by atoms with Crippen LogP contribution in [-0.2, 0) is 16.0 Å². The van der Waals surface area contributed by atoms with Gasteiger partial charge in [-0.25, -0.2) is 14.2 Å². The van der Waals surface area contributed by atoms with Crippen LogP contribution >= 0.6 is 15.9 Å². The monoisotopic (exact) mass is 633 g/mol. The number of nitrogens with zero attached hydrogens (tertiary/aromatic N) is 3. The van der Waals surface area contributed by atoms with Crippen molar-refractivity contribution in [2.75, 3.05) is 43.6 Å². The number of fused-ring (bicyclic) bond motifs is 1. The number of aryl methyl sites for hydroxylation is 1. The standard InChI is InChI=1S/C32H33BrN4O5/c1-3-15-36-22-26(20-27(33)23-36)30(38)37(29-11-5-4-6-12-29)17-19-42-32(40)35(2)16-18-41-31(39)34-28-14-13-24-9-7-8-10-25(24)21-28/h4-14,20-23H,3,15-19H2,1-2H3/p+1. The van der Waals surface area contributed by atoms with Crippen molar-refractivity contribution in [2.24, 2.45) is 0 Å². The van der Waals surface area contributed by atoms with E-state index in [9.17, 15) is 14.4 Å². The summed E-state index contributed by atoms with van der Waals surface area (Å²) in [5.74, 6) is -0.206. The Morgan fingerprint density at radius 2 is 1.57 bits per heavy atom. The van der Waals surface area contributed by atoms with Crippen molar-refractivity contribution >= 4 is 56.2 Å². The lowest BCUT2D eigenvalue weighted by Gasteiger charge is -2.23. The van der Waals surface area contributed by atoms with Crippen LogP contribution in [0.5, 0.6) is 0 Å². The van der Waals surface area contributed by atoms with Gasteiger partial charge < -0.3 is 19.3 Å². The van der Waals surface area contributed by atoms with Gasteiger partial charge in [-0.3, -0.25) is 10.1 Å². The Kier molecular flexibility index (Phi) is 10.9. The van der Waals surface area contributed by atoms with E-state index < -0.39 is 12.2 Å². The molecule has 0 spiro atoms. The summed E-state index contributed by atoms with van der Waals surface area (Å²) in [6, 6.07) is 24.5. The number of rotatable bonds is 11. The number of hydrogen-bond donors (Lipinski definition) is 1. The Morgan fingerprint density at radius 3 is 2.33 bits per heavy atom. The van der Waals surface area contributed by atoms with Crippen molar-refractivity contribution in [3.63, 3.8) is 0 Å². The van der Waals surface area contributed by atoms with Gasteiger partial charge in [0, 0.05) is 24.8 Å². The average Bonchev–Trinajstić information content (AvgIpc) is 2.99. The fourth-order valence-corrected chi connectivity index (χ4v) is 4.84. The SMILES string of the molecule is CCC[n+]1cc(Br)cc(C(=O)N(CCOC(=O)N(C)CCOC(=O)Nc2ccc3ccccc3c2)c2ccccc2)c1. The zero-order valence-electron chi connectivity index (χ0n) is 23.7. The third kappa shape index (κ3) is 8.53. The van der Waals surface area contributed by atoms with E-state index in [0.717, 1.165) is 28.2 Å². The number of halogens is 1. The molecule has 0 aliphatic heterocycles. The lowest BCUT2D eigenvalue weighted by atomic mass is 10.1. The van der Waals surface area contributed by atoms with E-state index in [1.54, 1.807) is 24.1 Å². The lowest BCUT2D eigenvalue weighted by Crippen LogP contribution is -2.39. The number of para-hydroxylation sites is 1. The molecule has 9 nitrogen and oxygen atoms in total. The van der Waals surface area contributed by atoms with Crippen molar-refractivity contribution in [1.82, 2.24) is 4.90 Å². The molecule has 1 N–H and O–H groups in total. The first-order chi connectivity index (χ1) is 20.3. The fourth-order valence-electron chi connectivity index (χ4n) is 4.34. The molecule has 4 aromatic rings. The maximum absolute atomic E-state index is 13.6. The van der Waals surface area contributed by atoms with Gasteiger partial charge in [0.15, 0.2) is 12.4 Å². The Hall–Kier alpha value is -4.44. The number of pyridine rings is 1. The maximum atomic E-state index is 13.6. The van der Waals surface area contributed by atoms with Gasteiger partial charge in [0.2, 0.25) is 0 Å². The van der Waals surface area contributed by atoms with Gasteiger partial charge in [-0.2, -0.15) is 0 Å². The van der Waals surface area contributed by atoms with Gasteiger partial charge in [0.05, 0.1) is 17.6 Å². The second kappa shape index (κ2) is 15.0. The van der Waals surface area contributed by atoms with Crippen molar-refractivity contribution in [3.05, 3.63) is 101 Å². The van der Waals surface area contributed by atoms with E-state index in [2.05, 4.69) is 28.2 Å². The highest BCUT2D eigenvalue weighted by Gasteiger charge is 2.22. The molecule has 0 saturated heterocycles. The van der Waals surface area contributed by atoms with E-state index in [1.807, 2.05) is 83.7 Å². The predicted molar refractivity (Wildman–Crippen MR) is 166 cm³/mol. The topological polar surface area (TPSA) is 92.1 Å². The molecule has 4 rings (SSSR count). The van der Waals surface area contributed by atoms with Gasteiger partial charge in [-0.1, -0.05) is 55.5 Å². The summed E-state index contributed by atoms with van der Waals surface area (Å²) >= 11 is 3.50. The van der Waals surface area contributed by atoms with E-state index in [1.165, 1.54) is 4.90 Å². The summed E-state index contributed by atoms with van der Waals surface area (Å²) in [5.41, 5.74) is 1.83. The maximum Gasteiger partial charge on any atom is 0.411 e. The molecule has 0 saturated carbocycles. The van der Waals surface area contributed by atoms with E-state index >= 15 is 0 Å². The summed E-state index contributed by atoms with van der Waals surface area (Å²) in [4.78, 5) is 41.3. The van der Waals surface area contributed by atoms with Gasteiger partial charge in [-0.05, 0) is 57.0 Å². The first-order valence-corrected chi connectivity index (χ1v) is 14.5. The predicted octanol–water partition coefficient (Wildman–Crippen LogP) is 6.26. The number of aromatic nitrogens is 1. The summed E-state index contributed by atoms with van der Waals surface area (Å²) in [5, 5.41) is 4.77. The fraction of sp³-hybridized carbons (Fsp3) is 0.250. The number of likely N-dealkylation sites (N-methyl/N-ethyl adjacent to an activating group) is 1. The highest BCUT2D eigenvalue weighted by Crippen LogP contribution is 2.20. The molecule has 0 unspecified atom stereocenters. The lowest BCUT2D eigenvalue weighted by molar-refractivity contribution is -0.697. The van der Waals surface area contributed by atoms with Crippen LogP contribution in [0.15, 0.2) is 95.7 Å². The van der Waals surface area contributed by atoms with Gasteiger partial charge in [0.1, 0.15) is 25.3 Å². The van der Waals surface area contributed by atoms with Crippen LogP contribution in [0.25, 0.3) is 10.8 Å². The number of benzene rings is 3. The molecule has 42 heavy (non-hydrogen) atoms. The smallest absolute Gasteiger partial charge is 0.411 e. The van der Waals surface area contributed by atoms with E-state index in [4.69, 9.17) is 9.47 Å². The average molecular weight is 635 g/mol. The Morgan fingerprint density at radius 1 is 0.857 bits per heavy atom. The van der Waals surface area contributed by atoms with Crippen molar-refractivity contribution < 1.29 is 28.4 Å². The minimum atomic E-state index is -0.614. The van der Waals surface area contributed by atoms with Crippen molar-refractivity contribution in [3.8, 4) is 0 Å². The first kappa shape index (κ1) is 30.5. The molecule has 0 aliphatic carbocycles. The van der Waals surface area contributed by atoms with Crippen molar-refractivity contribution in [1.29, 1.82) is 0 Å². The number of amides is 3. The molecular formula is C32H34BrN4O5+. The molecule has 3 aromatic carbocycles. The largest absolute Gasteiger partial charge is 0.448 e. The molecule has 218 valence electrons. The molecule has 1 aromatic heterocycles. The van der Waals surface area contributed by atoms with Crippen LogP contribution in [0, 0.1) is 0 Å². The summed E-state index contributed by atoms with van der Waals surface area (Å²) in [6.45, 7) is 3.12. The van der Waals surface area contributed by atoms with Crippen LogP contribution in [0.1, 0.15) is 23.7 Å². The minimum absolute atomic E-state index is 0.0136. The Labute approximate surface area is 253 Å². The second-order valence-corrected chi connectivity index (χ2v) is 10.5. The quantitative estimate of drug-likeness (QED) is 0.197. The van der Waals surface area contributed by atoms with Gasteiger partial charge in [-0.15, -0.1) is 0 Å². The normalized spacial score (nSPS) is 10.6. The highest BCUT2D eigenvalue weighted by molar-refractivity contribution is 9.10. The molecular weight excluding hydrogens is 600 g/mol. The van der Waals surface area contributed by atoms with Crippen molar-refractivity contribution in [2.45, 2.75) is 19.9 Å². The van der Waals surface area contributed by atoms with Crippen LogP contribution < -0.4 is 14.8 Å². The number of carbonyl (C=O) groups is 3. The zero-order chi connectivity index (χ0) is 29.9. The molecule has 0 atom stereocenters. The molecule has 1 heterocycles. The summed E-state index contributed by atoms with van der Waals surface area (Å²) in [6.07, 6.45) is 3.49. The first-order valence-electron chi connectivity index (χ1n) is 13.7. The Balaban J connectivity index is 1.27. The second-order valence-electron chi connectivity index (χ2n) is 9.63. The van der Waals surface area contributed by atoms with E-state index in [-0.39, 0.29) is 32.2 Å². The van der Waals surface area contributed by atoms with Gasteiger partial charge in [0.25, 0.3) is 5.91 Å². The number of ether oxygens (including phenoxy) is 2. The minimum Gasteiger partial charge on any atom is -0.448 e. The molecule has 0 aliphatic rings. The summed E-state index contributed by atoms with van der Waals surface area (Å²) < 4.78 is 13.5. The number of hydrogen-bond acceptors (Lipinski definition) is 5. The molecule has 0 bridgehead atoms. The van der Waals surface area contributed by atoms with E-state index in [0.29, 0.717) is 16.9 Å². The van der Waals surface area contributed by atoms with Crippen LogP contribution in [0.2, 0.25) is 0 Å². The Bertz CT molecular complexity index is 1530. The van der Waals surface area contributed by atoms with Crippen LogP contribution in [0.3, 0.4) is 0 Å².